The van der Waals surface area contributed by atoms with E-state index in [0.717, 1.165) is 0 Å². The number of hydrogen-bond donors (Lipinski definition) is 0. The van der Waals surface area contributed by atoms with E-state index in [2.05, 4.69) is 9.97 Å². The van der Waals surface area contributed by atoms with Crippen molar-refractivity contribution in [1.82, 2.24) is 9.97 Å². The van der Waals surface area contributed by atoms with E-state index in [-0.39, 0.29) is 10.6 Å². The summed E-state index contributed by atoms with van der Waals surface area (Å²) < 4.78 is 37.2. The fraction of sp³-hybridized carbons (Fsp3) is 0.286. The predicted molar refractivity (Wildman–Crippen MR) is 111 cm³/mol. The molecular formula is C21H20N4O4S. The molecule has 1 aliphatic rings. The summed E-state index contributed by atoms with van der Waals surface area (Å²) in [5.74, 6) is 0.933. The van der Waals surface area contributed by atoms with E-state index >= 15 is 0 Å². The van der Waals surface area contributed by atoms with Gasteiger partial charge in [-0.1, -0.05) is 12.1 Å². The van der Waals surface area contributed by atoms with E-state index in [1.165, 1.54) is 19.2 Å². The molecule has 154 valence electrons. The zero-order valence-electron chi connectivity index (χ0n) is 16.4. The lowest BCUT2D eigenvalue weighted by atomic mass is 10.2. The number of aromatic nitrogens is 2. The lowest BCUT2D eigenvalue weighted by Gasteiger charge is -2.30. The van der Waals surface area contributed by atoms with Gasteiger partial charge in [-0.05, 0) is 36.4 Å². The molecule has 8 nitrogen and oxygen atoms in total. The Kier molecular flexibility index (Phi) is 5.53. The number of para-hydroxylation sites is 2. The van der Waals surface area contributed by atoms with E-state index in [9.17, 15) is 13.7 Å². The van der Waals surface area contributed by atoms with Gasteiger partial charge in [-0.15, -0.1) is 0 Å². The molecule has 1 aromatic heterocycles. The molecule has 1 saturated heterocycles. The Morgan fingerprint density at radius 2 is 1.70 bits per heavy atom. The maximum absolute atomic E-state index is 13.4. The third kappa shape index (κ3) is 3.67. The van der Waals surface area contributed by atoms with Crippen LogP contribution in [0.4, 0.5) is 5.82 Å². The van der Waals surface area contributed by atoms with Crippen molar-refractivity contribution >= 4 is 26.7 Å². The standard InChI is InChI=1S/C21H20N4O4S/c1-28-15-6-8-16(9-7-15)30(26,27)19(14-22)20-21(25-10-12-29-13-11-25)24-18-5-3-2-4-17(18)23-20/h2-9,19H,10-13H2,1H3/t19-/m1/s1. The Labute approximate surface area is 174 Å². The van der Waals surface area contributed by atoms with Crippen LogP contribution in [0.1, 0.15) is 10.9 Å². The van der Waals surface area contributed by atoms with Crippen molar-refractivity contribution in [2.24, 2.45) is 0 Å². The average molecular weight is 424 g/mol. The highest BCUT2D eigenvalue weighted by Gasteiger charge is 2.35. The molecular weight excluding hydrogens is 404 g/mol. The quantitative estimate of drug-likeness (QED) is 0.615. The number of sulfone groups is 1. The number of methoxy groups -OCH3 is 1. The molecule has 0 radical (unpaired) electrons. The van der Waals surface area contributed by atoms with Crippen LogP contribution in [0.2, 0.25) is 0 Å². The fourth-order valence-electron chi connectivity index (χ4n) is 3.37. The van der Waals surface area contributed by atoms with Gasteiger partial charge in [0.25, 0.3) is 0 Å². The summed E-state index contributed by atoms with van der Waals surface area (Å²) in [6, 6.07) is 15.1. The van der Waals surface area contributed by atoms with E-state index in [4.69, 9.17) is 9.47 Å². The summed E-state index contributed by atoms with van der Waals surface area (Å²) in [6.45, 7) is 2.08. The number of nitriles is 1. The van der Waals surface area contributed by atoms with E-state index in [1.54, 1.807) is 24.3 Å². The molecule has 2 heterocycles. The highest BCUT2D eigenvalue weighted by Crippen LogP contribution is 2.34. The third-order valence-electron chi connectivity index (χ3n) is 4.95. The topological polar surface area (TPSA) is 105 Å². The van der Waals surface area contributed by atoms with Crippen LogP contribution in [0.25, 0.3) is 11.0 Å². The molecule has 9 heteroatoms. The first-order valence-electron chi connectivity index (χ1n) is 9.41. The predicted octanol–water partition coefficient (Wildman–Crippen LogP) is 2.51. The molecule has 1 atom stereocenters. The first-order valence-corrected chi connectivity index (χ1v) is 11.0. The first-order chi connectivity index (χ1) is 14.5. The molecule has 4 rings (SSSR count). The van der Waals surface area contributed by atoms with Crippen LogP contribution >= 0.6 is 0 Å². The number of nitrogens with zero attached hydrogens (tertiary/aromatic N) is 4. The molecule has 1 aliphatic heterocycles. The zero-order chi connectivity index (χ0) is 21.1. The first kappa shape index (κ1) is 20.1. The minimum absolute atomic E-state index is 0.0257. The second kappa shape index (κ2) is 8.26. The number of ether oxygens (including phenoxy) is 2. The number of benzene rings is 2. The Balaban J connectivity index is 1.86. The lowest BCUT2D eigenvalue weighted by Crippen LogP contribution is -2.38. The Hall–Kier alpha value is -3.22. The van der Waals surface area contributed by atoms with Crippen LogP contribution in [0, 0.1) is 11.3 Å². The van der Waals surface area contributed by atoms with Gasteiger partial charge in [-0.3, -0.25) is 0 Å². The van der Waals surface area contributed by atoms with E-state index in [1.807, 2.05) is 23.1 Å². The summed E-state index contributed by atoms with van der Waals surface area (Å²) in [5, 5.41) is 8.41. The molecule has 30 heavy (non-hydrogen) atoms. The summed E-state index contributed by atoms with van der Waals surface area (Å²) in [4.78, 5) is 11.2. The monoisotopic (exact) mass is 424 g/mol. The van der Waals surface area contributed by atoms with Gasteiger partial charge in [0, 0.05) is 13.1 Å². The van der Waals surface area contributed by atoms with Gasteiger partial charge in [0.15, 0.2) is 11.1 Å². The second-order valence-electron chi connectivity index (χ2n) is 6.75. The van der Waals surface area contributed by atoms with Gasteiger partial charge < -0.3 is 14.4 Å². The molecule has 0 spiro atoms. The van der Waals surface area contributed by atoms with Crippen molar-refractivity contribution < 1.29 is 17.9 Å². The normalized spacial score (nSPS) is 15.5. The van der Waals surface area contributed by atoms with Gasteiger partial charge in [0.2, 0.25) is 9.84 Å². The maximum Gasteiger partial charge on any atom is 0.200 e. The Morgan fingerprint density at radius 1 is 1.07 bits per heavy atom. The van der Waals surface area contributed by atoms with Crippen molar-refractivity contribution in [1.29, 1.82) is 5.26 Å². The zero-order valence-corrected chi connectivity index (χ0v) is 17.2. The van der Waals surface area contributed by atoms with Gasteiger partial charge >= 0.3 is 0 Å². The van der Waals surface area contributed by atoms with Crippen LogP contribution in [-0.4, -0.2) is 51.8 Å². The highest BCUT2D eigenvalue weighted by atomic mass is 32.2. The van der Waals surface area contributed by atoms with Crippen LogP contribution in [0.5, 0.6) is 5.75 Å². The number of hydrogen-bond acceptors (Lipinski definition) is 8. The minimum Gasteiger partial charge on any atom is -0.497 e. The van der Waals surface area contributed by atoms with Crippen LogP contribution in [0.3, 0.4) is 0 Å². The lowest BCUT2D eigenvalue weighted by molar-refractivity contribution is 0.122. The minimum atomic E-state index is -4.04. The van der Waals surface area contributed by atoms with E-state index < -0.39 is 15.1 Å². The molecule has 3 aromatic rings. The highest BCUT2D eigenvalue weighted by molar-refractivity contribution is 7.92. The Bertz CT molecular complexity index is 1200. The van der Waals surface area contributed by atoms with Crippen molar-refractivity contribution in [2.45, 2.75) is 10.1 Å². The van der Waals surface area contributed by atoms with Crippen molar-refractivity contribution in [3.05, 3.63) is 54.2 Å². The van der Waals surface area contributed by atoms with Crippen LogP contribution < -0.4 is 9.64 Å². The fourth-order valence-corrected chi connectivity index (χ4v) is 4.75. The number of fused-ring (bicyclic) bond motifs is 1. The van der Waals surface area contributed by atoms with Crippen molar-refractivity contribution in [3.8, 4) is 11.8 Å². The molecule has 0 N–H and O–H groups in total. The smallest absolute Gasteiger partial charge is 0.200 e. The third-order valence-corrected chi connectivity index (χ3v) is 6.83. The largest absolute Gasteiger partial charge is 0.497 e. The molecule has 0 unspecified atom stereocenters. The maximum atomic E-state index is 13.4. The summed E-state index contributed by atoms with van der Waals surface area (Å²) in [7, 11) is -2.54. The van der Waals surface area contributed by atoms with Gasteiger partial charge in [-0.2, -0.15) is 5.26 Å². The SMILES string of the molecule is COc1ccc(S(=O)(=O)[C@H](C#N)c2nc3ccccc3nc2N2CCOCC2)cc1. The van der Waals surface area contributed by atoms with Gasteiger partial charge in [0.1, 0.15) is 11.4 Å². The molecule has 2 aromatic carbocycles. The molecule has 0 aliphatic carbocycles. The number of rotatable bonds is 5. The summed E-state index contributed by atoms with van der Waals surface area (Å²) in [6.07, 6.45) is 0. The summed E-state index contributed by atoms with van der Waals surface area (Å²) in [5.41, 5.74) is 1.31. The average Bonchev–Trinajstić information content (AvgIpc) is 2.79. The second-order valence-corrected chi connectivity index (χ2v) is 8.78. The van der Waals surface area contributed by atoms with Gasteiger partial charge in [-0.25, -0.2) is 18.4 Å². The number of morpholine rings is 1. The Morgan fingerprint density at radius 3 is 2.30 bits per heavy atom. The van der Waals surface area contributed by atoms with Crippen molar-refractivity contribution in [3.63, 3.8) is 0 Å². The molecule has 0 amide bonds. The van der Waals surface area contributed by atoms with E-state index in [0.29, 0.717) is 48.9 Å². The van der Waals surface area contributed by atoms with Crippen LogP contribution in [0.15, 0.2) is 53.4 Å². The van der Waals surface area contributed by atoms with Gasteiger partial charge in [0.05, 0.1) is 42.3 Å². The van der Waals surface area contributed by atoms with Crippen molar-refractivity contribution in [2.75, 3.05) is 38.3 Å². The summed E-state index contributed by atoms with van der Waals surface area (Å²) >= 11 is 0. The molecule has 1 fully saturated rings. The molecule has 0 bridgehead atoms. The number of anilines is 1. The molecule has 0 saturated carbocycles. The van der Waals surface area contributed by atoms with Crippen LogP contribution in [-0.2, 0) is 14.6 Å².